The zero-order valence-electron chi connectivity index (χ0n) is 24.9. The topological polar surface area (TPSA) is 80.3 Å². The molecule has 0 amide bonds. The van der Waals surface area contributed by atoms with Crippen LogP contribution in [0.4, 0.5) is 0 Å². The van der Waals surface area contributed by atoms with Gasteiger partial charge in [0.05, 0.1) is 6.61 Å². The van der Waals surface area contributed by atoms with Crippen molar-refractivity contribution < 1.29 is 31.1 Å². The molecular weight excluding hydrogens is 529 g/mol. The van der Waals surface area contributed by atoms with Crippen molar-refractivity contribution in [2.45, 2.75) is 105 Å². The first-order chi connectivity index (χ1) is 15.3. The van der Waals surface area contributed by atoms with Gasteiger partial charge in [-0.1, -0.05) is 13.2 Å². The van der Waals surface area contributed by atoms with Gasteiger partial charge in [0, 0.05) is 11.1 Å². The lowest BCUT2D eigenvalue weighted by Gasteiger charge is -2.38. The average molecular weight is 581 g/mol. The monoisotopic (exact) mass is 580 g/mol. The van der Waals surface area contributed by atoms with Crippen molar-refractivity contribution in [1.29, 1.82) is 0 Å². The van der Waals surface area contributed by atoms with Crippen LogP contribution < -0.4 is 0 Å². The summed E-state index contributed by atoms with van der Waals surface area (Å²) in [5.41, 5.74) is 0.858. The zero-order valence-corrected chi connectivity index (χ0v) is 29.9. The molecule has 35 heavy (non-hydrogen) atoms. The maximum absolute atomic E-state index is 11.4. The standard InChI is InChI=1S/C14H32O4Si3.C9H20O3Si2/c1-13(2)14(15)16-11-10-12-21(9,17-19(3,4)5)18-20(6,7)8;1-8(2)9(10)11-14(6,7)12-13(3,4)5/h1,10-12H2,2-9H3;1H2,2-7H3. The van der Waals surface area contributed by atoms with Gasteiger partial charge in [-0.25, -0.2) is 9.59 Å². The van der Waals surface area contributed by atoms with Gasteiger partial charge in [0.25, 0.3) is 0 Å². The van der Waals surface area contributed by atoms with Crippen molar-refractivity contribution in [3.8, 4) is 0 Å². The van der Waals surface area contributed by atoms with Crippen molar-refractivity contribution in [3.05, 3.63) is 24.3 Å². The molecule has 12 heteroatoms. The molecule has 0 aromatic rings. The van der Waals surface area contributed by atoms with E-state index in [0.717, 1.165) is 12.5 Å². The van der Waals surface area contributed by atoms with Gasteiger partial charge >= 0.3 is 29.1 Å². The summed E-state index contributed by atoms with van der Waals surface area (Å²) in [5.74, 6) is -0.671. The van der Waals surface area contributed by atoms with Gasteiger partial charge in [0.1, 0.15) is 0 Å². The molecule has 0 atom stereocenters. The lowest BCUT2D eigenvalue weighted by Crippen LogP contribution is -2.52. The second-order valence-electron chi connectivity index (χ2n) is 12.4. The second kappa shape index (κ2) is 14.4. The fraction of sp³-hybridized carbons (Fsp3) is 0.739. The minimum atomic E-state index is -2.31. The van der Waals surface area contributed by atoms with E-state index in [2.05, 4.69) is 78.6 Å². The largest absolute Gasteiger partial charge is 0.492 e. The van der Waals surface area contributed by atoms with E-state index in [0.29, 0.717) is 17.8 Å². The summed E-state index contributed by atoms with van der Waals surface area (Å²) in [6.45, 7) is 36.1. The molecule has 0 heterocycles. The summed E-state index contributed by atoms with van der Waals surface area (Å²) in [5, 5.41) is 0. The summed E-state index contributed by atoms with van der Waals surface area (Å²) in [4.78, 5) is 22.7. The molecule has 0 N–H and O–H groups in total. The predicted octanol–water partition coefficient (Wildman–Crippen LogP) is 6.93. The number of ether oxygens (including phenoxy) is 1. The molecule has 0 fully saturated rings. The van der Waals surface area contributed by atoms with Gasteiger partial charge in [-0.15, -0.1) is 0 Å². The fourth-order valence-electron chi connectivity index (χ4n) is 3.17. The molecule has 0 aliphatic heterocycles. The van der Waals surface area contributed by atoms with Crippen LogP contribution in [0.3, 0.4) is 0 Å². The van der Waals surface area contributed by atoms with Crippen molar-refractivity contribution in [2.24, 2.45) is 0 Å². The normalized spacial score (nSPS) is 12.9. The number of hydrogen-bond donors (Lipinski definition) is 0. The molecule has 0 bridgehead atoms. The van der Waals surface area contributed by atoms with Gasteiger partial charge in [-0.2, -0.15) is 0 Å². The van der Waals surface area contributed by atoms with E-state index >= 15 is 0 Å². The van der Waals surface area contributed by atoms with E-state index in [4.69, 9.17) is 21.5 Å². The number of esters is 1. The Kier molecular flexibility index (Phi) is 15.0. The molecule has 0 saturated carbocycles. The van der Waals surface area contributed by atoms with Gasteiger partial charge in [-0.3, -0.25) is 0 Å². The van der Waals surface area contributed by atoms with E-state index < -0.39 is 42.1 Å². The summed E-state index contributed by atoms with van der Waals surface area (Å²) >= 11 is 0. The molecule has 0 saturated heterocycles. The first-order valence-electron chi connectivity index (χ1n) is 12.1. The van der Waals surface area contributed by atoms with E-state index in [9.17, 15) is 9.59 Å². The van der Waals surface area contributed by atoms with Crippen molar-refractivity contribution in [2.75, 3.05) is 6.61 Å². The highest BCUT2D eigenvalue weighted by atomic mass is 28.5. The second-order valence-corrected chi connectivity index (χ2v) is 33.3. The Morgan fingerprint density at radius 1 is 0.629 bits per heavy atom. The Hall–Kier alpha value is -0.616. The van der Waals surface area contributed by atoms with Crippen LogP contribution in [0.2, 0.25) is 84.6 Å². The Labute approximate surface area is 220 Å². The van der Waals surface area contributed by atoms with Gasteiger partial charge in [-0.05, 0) is 105 Å². The Bertz CT molecular complexity index is 716. The van der Waals surface area contributed by atoms with Crippen LogP contribution in [0.5, 0.6) is 0 Å². The molecular formula is C23H52O7Si5. The smallest absolute Gasteiger partial charge is 0.385 e. The SMILES string of the molecule is C=C(C)C(=O)OCCC[Si](C)(O[Si](C)(C)C)O[Si](C)(C)C.C=C(C)C(=O)O[Si](C)(C)O[Si](C)(C)C. The predicted molar refractivity (Wildman–Crippen MR) is 158 cm³/mol. The van der Waals surface area contributed by atoms with Crippen LogP contribution in [0.25, 0.3) is 0 Å². The molecule has 206 valence electrons. The highest BCUT2D eigenvalue weighted by Crippen LogP contribution is 2.25. The van der Waals surface area contributed by atoms with Gasteiger partial charge < -0.3 is 21.5 Å². The van der Waals surface area contributed by atoms with Crippen LogP contribution >= 0.6 is 0 Å². The molecule has 0 aliphatic carbocycles. The molecule has 0 radical (unpaired) electrons. The molecule has 0 aromatic carbocycles. The van der Waals surface area contributed by atoms with E-state index in [1.54, 1.807) is 13.8 Å². The summed E-state index contributed by atoms with van der Waals surface area (Å²) in [6.07, 6.45) is 0.775. The summed E-state index contributed by atoms with van der Waals surface area (Å²) in [7, 11) is -9.47. The maximum Gasteiger partial charge on any atom is 0.385 e. The summed E-state index contributed by atoms with van der Waals surface area (Å²) in [6, 6.07) is 0.852. The Morgan fingerprint density at radius 2 is 1.00 bits per heavy atom. The van der Waals surface area contributed by atoms with Crippen molar-refractivity contribution in [1.82, 2.24) is 0 Å². The molecule has 7 nitrogen and oxygen atoms in total. The summed E-state index contributed by atoms with van der Waals surface area (Å²) < 4.78 is 29.1. The van der Waals surface area contributed by atoms with Crippen molar-refractivity contribution in [3.63, 3.8) is 0 Å². The molecule has 0 unspecified atom stereocenters. The first kappa shape index (κ1) is 36.5. The van der Waals surface area contributed by atoms with Gasteiger partial charge in [0.2, 0.25) is 0 Å². The fourth-order valence-corrected chi connectivity index (χ4v) is 22.4. The number of carbonyl (C=O) groups excluding carboxylic acids is 2. The maximum atomic E-state index is 11.4. The lowest BCUT2D eigenvalue weighted by atomic mass is 10.4. The third-order valence-electron chi connectivity index (χ3n) is 3.64. The van der Waals surface area contributed by atoms with Crippen LogP contribution in [0.15, 0.2) is 24.3 Å². The first-order valence-corrected chi connectivity index (χ1v) is 27.7. The molecule has 0 rings (SSSR count). The highest BCUT2D eigenvalue weighted by Gasteiger charge is 2.40. The average Bonchev–Trinajstić information content (AvgIpc) is 2.52. The van der Waals surface area contributed by atoms with E-state index in [-0.39, 0.29) is 11.9 Å². The third-order valence-corrected chi connectivity index (χ3v) is 18.3. The van der Waals surface area contributed by atoms with Crippen LogP contribution in [-0.4, -0.2) is 60.6 Å². The minimum absolute atomic E-state index is 0.324. The molecule has 0 aromatic heterocycles. The minimum Gasteiger partial charge on any atom is -0.492 e. The highest BCUT2D eigenvalue weighted by molar-refractivity contribution is 6.87. The quantitative estimate of drug-likeness (QED) is 0.101. The Balaban J connectivity index is 0. The van der Waals surface area contributed by atoms with Crippen molar-refractivity contribution >= 4 is 54.0 Å². The van der Waals surface area contributed by atoms with Gasteiger partial charge in [0.15, 0.2) is 25.0 Å². The zero-order chi connectivity index (χ0) is 28.5. The van der Waals surface area contributed by atoms with Crippen LogP contribution in [0, 0.1) is 0 Å². The third kappa shape index (κ3) is 22.3. The van der Waals surface area contributed by atoms with Crippen LogP contribution in [-0.2, 0) is 31.1 Å². The lowest BCUT2D eigenvalue weighted by molar-refractivity contribution is -0.139. The van der Waals surface area contributed by atoms with E-state index in [1.807, 2.05) is 13.1 Å². The Morgan fingerprint density at radius 3 is 1.31 bits per heavy atom. The molecule has 0 spiro atoms. The van der Waals surface area contributed by atoms with E-state index in [1.165, 1.54) is 0 Å². The van der Waals surface area contributed by atoms with Crippen LogP contribution in [0.1, 0.15) is 20.3 Å². The molecule has 0 aliphatic rings. The number of hydrogen-bond acceptors (Lipinski definition) is 7. The number of rotatable bonds is 13. The number of carbonyl (C=O) groups is 2.